The number of guanidine groups is 1. The van der Waals surface area contributed by atoms with Crippen molar-refractivity contribution in [1.29, 1.82) is 0 Å². The van der Waals surface area contributed by atoms with E-state index in [0.29, 0.717) is 12.5 Å². The molecule has 0 radical (unpaired) electrons. The van der Waals surface area contributed by atoms with E-state index in [1.807, 2.05) is 11.4 Å². The summed E-state index contributed by atoms with van der Waals surface area (Å²) in [6, 6.07) is 4.07. The third-order valence-corrected chi connectivity index (χ3v) is 3.68. The zero-order chi connectivity index (χ0) is 13.4. The molecule has 0 unspecified atom stereocenters. The lowest BCUT2D eigenvalue weighted by atomic mass is 10.3. The van der Waals surface area contributed by atoms with Crippen molar-refractivity contribution >= 4 is 27.3 Å². The van der Waals surface area contributed by atoms with Crippen LogP contribution in [0.1, 0.15) is 4.88 Å². The summed E-state index contributed by atoms with van der Waals surface area (Å²) < 4.78 is 23.9. The molecule has 0 aromatic carbocycles. The van der Waals surface area contributed by atoms with Crippen LogP contribution in [-0.4, -0.2) is 40.3 Å². The number of hydrogen-bond donors (Lipinski definition) is 3. The van der Waals surface area contributed by atoms with Gasteiger partial charge in [-0.2, -0.15) is 0 Å². The standard InChI is InChI=1S/C10H18N4O2S2/c1-18(15,16)14-7-6-13-10(11)12-5-4-9-3-2-8-17-9/h2-3,8,14H,4-7H2,1H3,(H3,11,12,13). The van der Waals surface area contributed by atoms with Crippen LogP contribution in [0.3, 0.4) is 0 Å². The first-order valence-electron chi connectivity index (χ1n) is 5.48. The molecular formula is C10H18N4O2S2. The maximum absolute atomic E-state index is 10.8. The minimum Gasteiger partial charge on any atom is -0.370 e. The van der Waals surface area contributed by atoms with Gasteiger partial charge in [-0.15, -0.1) is 11.3 Å². The Balaban J connectivity index is 2.14. The van der Waals surface area contributed by atoms with Crippen molar-refractivity contribution in [3.05, 3.63) is 22.4 Å². The van der Waals surface area contributed by atoms with E-state index in [4.69, 9.17) is 5.73 Å². The van der Waals surface area contributed by atoms with Gasteiger partial charge in [0.15, 0.2) is 5.96 Å². The highest BCUT2D eigenvalue weighted by Crippen LogP contribution is 2.07. The molecule has 1 aromatic rings. The van der Waals surface area contributed by atoms with Gasteiger partial charge in [-0.05, 0) is 17.9 Å². The van der Waals surface area contributed by atoms with Crippen LogP contribution >= 0.6 is 11.3 Å². The van der Waals surface area contributed by atoms with Crippen molar-refractivity contribution in [3.8, 4) is 0 Å². The van der Waals surface area contributed by atoms with Crippen LogP contribution in [0.15, 0.2) is 22.5 Å². The predicted molar refractivity (Wildman–Crippen MR) is 75.4 cm³/mol. The second-order valence-electron chi connectivity index (χ2n) is 3.69. The van der Waals surface area contributed by atoms with E-state index in [2.05, 4.69) is 21.1 Å². The number of thiophene rings is 1. The summed E-state index contributed by atoms with van der Waals surface area (Å²) in [6.45, 7) is 1.30. The molecule has 1 heterocycles. The molecule has 0 atom stereocenters. The Hall–Kier alpha value is -1.12. The molecule has 0 amide bonds. The van der Waals surface area contributed by atoms with E-state index in [-0.39, 0.29) is 6.54 Å². The first kappa shape index (κ1) is 14.9. The lowest BCUT2D eigenvalue weighted by molar-refractivity contribution is 0.588. The average Bonchev–Trinajstić information content (AvgIpc) is 2.76. The molecule has 0 aliphatic carbocycles. The average molecular weight is 290 g/mol. The Labute approximate surface area is 111 Å². The highest BCUT2D eigenvalue weighted by atomic mass is 32.2. The third kappa shape index (κ3) is 7.25. The van der Waals surface area contributed by atoms with Gasteiger partial charge in [0, 0.05) is 18.0 Å². The van der Waals surface area contributed by atoms with Gasteiger partial charge in [-0.1, -0.05) is 6.07 Å². The monoisotopic (exact) mass is 290 g/mol. The number of sulfonamides is 1. The third-order valence-electron chi connectivity index (χ3n) is 2.02. The Bertz CT molecular complexity index is 468. The topological polar surface area (TPSA) is 96.6 Å². The zero-order valence-corrected chi connectivity index (χ0v) is 11.9. The van der Waals surface area contributed by atoms with Crippen LogP contribution in [0.5, 0.6) is 0 Å². The maximum atomic E-state index is 10.8. The SMILES string of the molecule is CS(=O)(=O)NCCN=C(N)NCCc1cccs1. The van der Waals surface area contributed by atoms with Gasteiger partial charge in [-0.3, -0.25) is 4.99 Å². The fourth-order valence-corrected chi connectivity index (χ4v) is 2.40. The van der Waals surface area contributed by atoms with E-state index in [0.717, 1.165) is 19.2 Å². The lowest BCUT2D eigenvalue weighted by Gasteiger charge is -2.04. The van der Waals surface area contributed by atoms with E-state index < -0.39 is 10.0 Å². The molecule has 0 saturated carbocycles. The van der Waals surface area contributed by atoms with E-state index >= 15 is 0 Å². The van der Waals surface area contributed by atoms with E-state index in [9.17, 15) is 8.42 Å². The zero-order valence-electron chi connectivity index (χ0n) is 10.2. The first-order valence-corrected chi connectivity index (χ1v) is 8.25. The van der Waals surface area contributed by atoms with Crippen LogP contribution in [0.2, 0.25) is 0 Å². The fraction of sp³-hybridized carbons (Fsp3) is 0.500. The van der Waals surface area contributed by atoms with Gasteiger partial charge in [-0.25, -0.2) is 13.1 Å². The van der Waals surface area contributed by atoms with Crippen LogP contribution in [0.25, 0.3) is 0 Å². The van der Waals surface area contributed by atoms with Crippen molar-refractivity contribution < 1.29 is 8.42 Å². The summed E-state index contributed by atoms with van der Waals surface area (Å²) in [5, 5.41) is 5.01. The molecule has 0 aliphatic heterocycles. The van der Waals surface area contributed by atoms with Crippen molar-refractivity contribution in [1.82, 2.24) is 10.0 Å². The van der Waals surface area contributed by atoms with Crippen molar-refractivity contribution in [2.75, 3.05) is 25.9 Å². The predicted octanol–water partition coefficient (Wildman–Crippen LogP) is -0.256. The van der Waals surface area contributed by atoms with Gasteiger partial charge in [0.05, 0.1) is 12.8 Å². The number of nitrogens with one attached hydrogen (secondary N) is 2. The first-order chi connectivity index (χ1) is 8.47. The van der Waals surface area contributed by atoms with Gasteiger partial charge < -0.3 is 11.1 Å². The summed E-state index contributed by atoms with van der Waals surface area (Å²) in [5.41, 5.74) is 5.63. The second kappa shape index (κ2) is 7.34. The minimum absolute atomic E-state index is 0.256. The highest BCUT2D eigenvalue weighted by molar-refractivity contribution is 7.88. The Morgan fingerprint density at radius 1 is 1.50 bits per heavy atom. The fourth-order valence-electron chi connectivity index (χ4n) is 1.23. The number of nitrogens with two attached hydrogens (primary N) is 1. The van der Waals surface area contributed by atoms with Gasteiger partial charge in [0.1, 0.15) is 0 Å². The molecule has 0 saturated heterocycles. The number of rotatable bonds is 7. The quantitative estimate of drug-likeness (QED) is 0.366. The van der Waals surface area contributed by atoms with Crippen LogP contribution < -0.4 is 15.8 Å². The van der Waals surface area contributed by atoms with Crippen molar-refractivity contribution in [2.45, 2.75) is 6.42 Å². The molecule has 1 aromatic heterocycles. The molecule has 18 heavy (non-hydrogen) atoms. The number of aliphatic imine (C=N–C) groups is 1. The molecule has 102 valence electrons. The molecular weight excluding hydrogens is 272 g/mol. The summed E-state index contributed by atoms with van der Waals surface area (Å²) in [6.07, 6.45) is 2.01. The Morgan fingerprint density at radius 3 is 2.89 bits per heavy atom. The molecule has 8 heteroatoms. The molecule has 6 nitrogen and oxygen atoms in total. The highest BCUT2D eigenvalue weighted by Gasteiger charge is 1.98. The Kier molecular flexibility index (Phi) is 6.10. The van der Waals surface area contributed by atoms with Gasteiger partial charge >= 0.3 is 0 Å². The molecule has 0 aliphatic rings. The smallest absolute Gasteiger partial charge is 0.208 e. The van der Waals surface area contributed by atoms with Crippen LogP contribution in [-0.2, 0) is 16.4 Å². The van der Waals surface area contributed by atoms with Crippen LogP contribution in [0.4, 0.5) is 0 Å². The largest absolute Gasteiger partial charge is 0.370 e. The Morgan fingerprint density at radius 2 is 2.28 bits per heavy atom. The van der Waals surface area contributed by atoms with Gasteiger partial charge in [0.25, 0.3) is 0 Å². The number of hydrogen-bond acceptors (Lipinski definition) is 4. The molecule has 0 bridgehead atoms. The van der Waals surface area contributed by atoms with Gasteiger partial charge in [0.2, 0.25) is 10.0 Å². The molecule has 0 fully saturated rings. The number of nitrogens with zero attached hydrogens (tertiary/aromatic N) is 1. The normalized spacial score (nSPS) is 12.6. The molecule has 4 N–H and O–H groups in total. The molecule has 1 rings (SSSR count). The van der Waals surface area contributed by atoms with E-state index in [1.165, 1.54) is 4.88 Å². The maximum Gasteiger partial charge on any atom is 0.208 e. The minimum atomic E-state index is -3.15. The van der Waals surface area contributed by atoms with Crippen molar-refractivity contribution in [2.24, 2.45) is 10.7 Å². The molecule has 0 spiro atoms. The van der Waals surface area contributed by atoms with Crippen LogP contribution in [0, 0.1) is 0 Å². The summed E-state index contributed by atoms with van der Waals surface area (Å²) in [5.74, 6) is 0.335. The van der Waals surface area contributed by atoms with E-state index in [1.54, 1.807) is 11.3 Å². The summed E-state index contributed by atoms with van der Waals surface area (Å²) in [4.78, 5) is 5.29. The summed E-state index contributed by atoms with van der Waals surface area (Å²) in [7, 11) is -3.15. The van der Waals surface area contributed by atoms with Crippen molar-refractivity contribution in [3.63, 3.8) is 0 Å². The summed E-state index contributed by atoms with van der Waals surface area (Å²) >= 11 is 1.70. The second-order valence-corrected chi connectivity index (χ2v) is 6.55. The lowest BCUT2D eigenvalue weighted by Crippen LogP contribution is -2.34.